The first-order chi connectivity index (χ1) is 16.5. The normalized spacial score (nSPS) is 13.7. The number of pyridine rings is 2. The van der Waals surface area contributed by atoms with E-state index in [9.17, 15) is 4.79 Å². The van der Waals surface area contributed by atoms with Gasteiger partial charge in [-0.15, -0.1) is 0 Å². The van der Waals surface area contributed by atoms with Crippen molar-refractivity contribution in [3.63, 3.8) is 0 Å². The highest BCUT2D eigenvalue weighted by Gasteiger charge is 2.31. The summed E-state index contributed by atoms with van der Waals surface area (Å²) in [5.41, 5.74) is 4.22. The van der Waals surface area contributed by atoms with Crippen molar-refractivity contribution in [1.29, 1.82) is 0 Å². The van der Waals surface area contributed by atoms with E-state index in [2.05, 4.69) is 56.4 Å². The van der Waals surface area contributed by atoms with Gasteiger partial charge in [0.15, 0.2) is 0 Å². The van der Waals surface area contributed by atoms with Gasteiger partial charge >= 0.3 is 0 Å². The van der Waals surface area contributed by atoms with Gasteiger partial charge in [0.05, 0.1) is 16.8 Å². The van der Waals surface area contributed by atoms with Crippen LogP contribution in [0.25, 0.3) is 5.65 Å². The number of hydrogen-bond acceptors (Lipinski definition) is 5. The summed E-state index contributed by atoms with van der Waals surface area (Å²) in [4.78, 5) is 26.6. The number of halogens is 1. The maximum atomic E-state index is 13.0. The Morgan fingerprint density at radius 3 is 2.65 bits per heavy atom. The number of nitrogens with zero attached hydrogens (tertiary/aromatic N) is 5. The van der Waals surface area contributed by atoms with E-state index < -0.39 is 0 Å². The Bertz CT molecular complexity index is 1300. The van der Waals surface area contributed by atoms with Crippen molar-refractivity contribution >= 4 is 34.7 Å². The molecule has 0 aliphatic carbocycles. The molecule has 1 N–H and O–H groups in total. The Labute approximate surface area is 204 Å². The molecule has 1 aliphatic rings. The highest BCUT2D eigenvalue weighted by molar-refractivity contribution is 6.30. The quantitative estimate of drug-likeness (QED) is 0.435. The number of carbonyl (C=O) groups is 1. The van der Waals surface area contributed by atoms with Crippen LogP contribution in [0, 0.1) is 0 Å². The standard InChI is InChI=1S/C26H27ClN6O/c1-3-22-25(33-15-19(27)9-12-24(33)30-22)26(34)29-14-18-7-10-20(11-8-18)31(2)21-16-32(17-21)23-6-4-5-13-28-23/h4-13,15,21H,3,14,16-17H2,1-2H3,(H,29,34). The van der Waals surface area contributed by atoms with Crippen LogP contribution in [-0.2, 0) is 13.0 Å². The molecule has 4 aromatic rings. The Morgan fingerprint density at radius 1 is 1.15 bits per heavy atom. The van der Waals surface area contributed by atoms with Crippen LogP contribution < -0.4 is 15.1 Å². The molecule has 0 bridgehead atoms. The Balaban J connectivity index is 1.20. The average Bonchev–Trinajstić information content (AvgIpc) is 3.20. The molecule has 34 heavy (non-hydrogen) atoms. The molecule has 1 saturated heterocycles. The molecule has 0 unspecified atom stereocenters. The van der Waals surface area contributed by atoms with Crippen LogP contribution in [0.1, 0.15) is 28.7 Å². The fourth-order valence-corrected chi connectivity index (χ4v) is 4.47. The van der Waals surface area contributed by atoms with Crippen molar-refractivity contribution in [3.05, 3.63) is 89.0 Å². The maximum Gasteiger partial charge on any atom is 0.270 e. The van der Waals surface area contributed by atoms with Crippen molar-refractivity contribution in [2.45, 2.75) is 25.9 Å². The number of carbonyl (C=O) groups excluding carboxylic acids is 1. The van der Waals surface area contributed by atoms with Gasteiger partial charge in [0.25, 0.3) is 5.91 Å². The lowest BCUT2D eigenvalue weighted by atomic mass is 10.1. The van der Waals surface area contributed by atoms with Crippen LogP contribution >= 0.6 is 11.6 Å². The van der Waals surface area contributed by atoms with Crippen LogP contribution in [0.2, 0.25) is 5.02 Å². The minimum atomic E-state index is -0.156. The van der Waals surface area contributed by atoms with Gasteiger partial charge in [-0.1, -0.05) is 36.7 Å². The number of nitrogens with one attached hydrogen (secondary N) is 1. The number of likely N-dealkylation sites (N-methyl/N-ethyl adjacent to an activating group) is 1. The van der Waals surface area contributed by atoms with E-state index in [0.717, 1.165) is 41.5 Å². The van der Waals surface area contributed by atoms with Gasteiger partial charge in [0, 0.05) is 44.8 Å². The van der Waals surface area contributed by atoms with Gasteiger partial charge in [0.2, 0.25) is 0 Å². The minimum absolute atomic E-state index is 0.156. The number of fused-ring (bicyclic) bond motifs is 1. The molecule has 7 nitrogen and oxygen atoms in total. The number of anilines is 2. The number of benzene rings is 1. The van der Waals surface area contributed by atoms with Crippen LogP contribution in [0.3, 0.4) is 0 Å². The molecular formula is C26H27ClN6O. The highest BCUT2D eigenvalue weighted by Crippen LogP contribution is 2.25. The molecule has 1 aliphatic heterocycles. The largest absolute Gasteiger partial charge is 0.368 e. The Morgan fingerprint density at radius 2 is 1.94 bits per heavy atom. The van der Waals surface area contributed by atoms with Crippen molar-refractivity contribution in [2.75, 3.05) is 29.9 Å². The van der Waals surface area contributed by atoms with Crippen molar-refractivity contribution in [2.24, 2.45) is 0 Å². The second-order valence-electron chi connectivity index (χ2n) is 8.54. The van der Waals surface area contributed by atoms with Gasteiger partial charge in [-0.2, -0.15) is 0 Å². The van der Waals surface area contributed by atoms with Gasteiger partial charge in [-0.05, 0) is 48.4 Å². The van der Waals surface area contributed by atoms with E-state index in [4.69, 9.17) is 11.6 Å². The number of hydrogen-bond donors (Lipinski definition) is 1. The third-order valence-corrected chi connectivity index (χ3v) is 6.61. The number of imidazole rings is 1. The van der Waals surface area contributed by atoms with E-state index in [1.54, 1.807) is 16.7 Å². The van der Waals surface area contributed by atoms with Gasteiger partial charge in [-0.25, -0.2) is 9.97 Å². The van der Waals surface area contributed by atoms with Gasteiger partial charge in [-0.3, -0.25) is 9.20 Å². The summed E-state index contributed by atoms with van der Waals surface area (Å²) >= 11 is 6.15. The summed E-state index contributed by atoms with van der Waals surface area (Å²) in [6.07, 6.45) is 4.23. The topological polar surface area (TPSA) is 65.8 Å². The number of rotatable bonds is 7. The van der Waals surface area contributed by atoms with E-state index in [0.29, 0.717) is 29.7 Å². The molecule has 8 heteroatoms. The third kappa shape index (κ3) is 4.31. The fourth-order valence-electron chi connectivity index (χ4n) is 4.31. The first-order valence-electron chi connectivity index (χ1n) is 11.5. The van der Waals surface area contributed by atoms with Gasteiger partial charge < -0.3 is 15.1 Å². The summed E-state index contributed by atoms with van der Waals surface area (Å²) in [5, 5.41) is 3.60. The summed E-state index contributed by atoms with van der Waals surface area (Å²) in [6.45, 7) is 4.34. The van der Waals surface area contributed by atoms with Crippen LogP contribution in [0.5, 0.6) is 0 Å². The summed E-state index contributed by atoms with van der Waals surface area (Å²) in [6, 6.07) is 18.4. The third-order valence-electron chi connectivity index (χ3n) is 6.38. The summed E-state index contributed by atoms with van der Waals surface area (Å²) < 4.78 is 1.77. The fraction of sp³-hybridized carbons (Fsp3) is 0.269. The van der Waals surface area contributed by atoms with Crippen molar-refractivity contribution in [3.8, 4) is 0 Å². The zero-order valence-electron chi connectivity index (χ0n) is 19.3. The van der Waals surface area contributed by atoms with E-state index in [1.165, 1.54) is 0 Å². The molecule has 4 heterocycles. The predicted molar refractivity (Wildman–Crippen MR) is 136 cm³/mol. The molecule has 174 valence electrons. The summed E-state index contributed by atoms with van der Waals surface area (Å²) in [5.74, 6) is 0.870. The lowest BCUT2D eigenvalue weighted by Crippen LogP contribution is -2.59. The highest BCUT2D eigenvalue weighted by atomic mass is 35.5. The predicted octanol–water partition coefficient (Wildman–Crippen LogP) is 4.20. The van der Waals surface area contributed by atoms with Gasteiger partial charge in [0.1, 0.15) is 17.2 Å². The lowest BCUT2D eigenvalue weighted by Gasteiger charge is -2.45. The van der Waals surface area contributed by atoms with E-state index in [-0.39, 0.29) is 5.91 Å². The second-order valence-corrected chi connectivity index (χ2v) is 8.98. The number of aryl methyl sites for hydroxylation is 1. The first kappa shape index (κ1) is 22.2. The van der Waals surface area contributed by atoms with Crippen molar-refractivity contribution < 1.29 is 4.79 Å². The summed E-state index contributed by atoms with van der Waals surface area (Å²) in [7, 11) is 2.12. The Hall–Kier alpha value is -3.58. The molecule has 3 aromatic heterocycles. The van der Waals surface area contributed by atoms with E-state index in [1.807, 2.05) is 37.4 Å². The first-order valence-corrected chi connectivity index (χ1v) is 11.8. The Kier molecular flexibility index (Phi) is 6.11. The molecule has 0 saturated carbocycles. The molecule has 1 aromatic carbocycles. The lowest BCUT2D eigenvalue weighted by molar-refractivity contribution is 0.0944. The monoisotopic (exact) mass is 474 g/mol. The van der Waals surface area contributed by atoms with Crippen LogP contribution in [0.15, 0.2) is 67.0 Å². The van der Waals surface area contributed by atoms with Crippen molar-refractivity contribution in [1.82, 2.24) is 19.7 Å². The smallest absolute Gasteiger partial charge is 0.270 e. The van der Waals surface area contributed by atoms with Crippen LogP contribution in [0.4, 0.5) is 11.5 Å². The molecule has 0 spiro atoms. The number of aromatic nitrogens is 3. The molecular weight excluding hydrogens is 448 g/mol. The molecule has 5 rings (SSSR count). The molecule has 0 atom stereocenters. The molecule has 0 radical (unpaired) electrons. The zero-order valence-corrected chi connectivity index (χ0v) is 20.0. The molecule has 1 fully saturated rings. The average molecular weight is 475 g/mol. The number of amides is 1. The minimum Gasteiger partial charge on any atom is -0.368 e. The molecule has 1 amide bonds. The maximum absolute atomic E-state index is 13.0. The van der Waals surface area contributed by atoms with Crippen LogP contribution in [-0.4, -0.2) is 46.5 Å². The zero-order chi connectivity index (χ0) is 23.7. The SMILES string of the molecule is CCc1nc2ccc(Cl)cn2c1C(=O)NCc1ccc(N(C)C2CN(c3ccccn3)C2)cc1. The van der Waals surface area contributed by atoms with E-state index >= 15 is 0 Å². The second kappa shape index (κ2) is 9.35.